The number of H-pyrrole nitrogens is 1. The monoisotopic (exact) mass is 264 g/mol. The molecular weight excluding hydrogens is 247 g/mol. The molecule has 5 heteroatoms. The van der Waals surface area contributed by atoms with Crippen LogP contribution >= 0.6 is 0 Å². The van der Waals surface area contributed by atoms with Gasteiger partial charge in [0.25, 0.3) is 0 Å². The first-order chi connectivity index (χ1) is 9.15. The maximum Gasteiger partial charge on any atom is 0.340 e. The van der Waals surface area contributed by atoms with Crippen LogP contribution in [0, 0.1) is 5.82 Å². The van der Waals surface area contributed by atoms with Crippen LogP contribution in [0.5, 0.6) is 0 Å². The first-order valence-corrected chi connectivity index (χ1v) is 5.95. The molecule has 0 spiro atoms. The van der Waals surface area contributed by atoms with Crippen LogP contribution in [0.1, 0.15) is 24.2 Å². The SMILES string of the molecule is CC.COC(=O)c1ccc(-c2ccc[nH]2)c(N)c1F. The van der Waals surface area contributed by atoms with Gasteiger partial charge in [0.1, 0.15) is 0 Å². The molecule has 1 aromatic heterocycles. The minimum Gasteiger partial charge on any atom is -0.465 e. The van der Waals surface area contributed by atoms with Crippen molar-refractivity contribution < 1.29 is 13.9 Å². The topological polar surface area (TPSA) is 68.1 Å². The van der Waals surface area contributed by atoms with Gasteiger partial charge < -0.3 is 15.5 Å². The highest BCUT2D eigenvalue weighted by molar-refractivity contribution is 5.92. The van der Waals surface area contributed by atoms with E-state index in [0.717, 1.165) is 0 Å². The third-order valence-corrected chi connectivity index (χ3v) is 2.47. The second-order valence-corrected chi connectivity index (χ2v) is 3.46. The standard InChI is InChI=1S/C12H11FN2O2.C2H6/c1-17-12(16)8-5-4-7(11(14)10(8)13)9-3-2-6-15-9;1-2/h2-6,15H,14H2,1H3;1-2H3. The molecule has 0 atom stereocenters. The van der Waals surface area contributed by atoms with E-state index in [1.54, 1.807) is 24.4 Å². The molecule has 0 saturated carbocycles. The molecule has 0 bridgehead atoms. The van der Waals surface area contributed by atoms with E-state index in [1.165, 1.54) is 13.2 Å². The van der Waals surface area contributed by atoms with Crippen molar-refractivity contribution in [1.82, 2.24) is 4.98 Å². The Labute approximate surface area is 111 Å². The van der Waals surface area contributed by atoms with E-state index >= 15 is 0 Å². The molecule has 2 rings (SSSR count). The molecule has 2 aromatic rings. The Morgan fingerprint density at radius 2 is 2.00 bits per heavy atom. The molecule has 4 nitrogen and oxygen atoms in total. The van der Waals surface area contributed by atoms with Crippen molar-refractivity contribution in [3.05, 3.63) is 41.8 Å². The van der Waals surface area contributed by atoms with Gasteiger partial charge in [0.15, 0.2) is 5.82 Å². The number of hydrogen-bond donors (Lipinski definition) is 2. The normalized spacial score (nSPS) is 9.47. The number of benzene rings is 1. The predicted molar refractivity (Wildman–Crippen MR) is 73.3 cm³/mol. The Hall–Kier alpha value is -2.30. The van der Waals surface area contributed by atoms with Gasteiger partial charge in [-0.2, -0.15) is 0 Å². The Morgan fingerprint density at radius 3 is 2.53 bits per heavy atom. The van der Waals surface area contributed by atoms with Gasteiger partial charge in [0.05, 0.1) is 18.4 Å². The molecule has 0 radical (unpaired) electrons. The van der Waals surface area contributed by atoms with E-state index in [9.17, 15) is 9.18 Å². The minimum absolute atomic E-state index is 0.0737. The number of anilines is 1. The molecule has 19 heavy (non-hydrogen) atoms. The molecule has 0 aliphatic carbocycles. The van der Waals surface area contributed by atoms with Gasteiger partial charge in [-0.3, -0.25) is 0 Å². The van der Waals surface area contributed by atoms with E-state index < -0.39 is 11.8 Å². The van der Waals surface area contributed by atoms with Gasteiger partial charge in [-0.1, -0.05) is 13.8 Å². The van der Waals surface area contributed by atoms with Crippen molar-refractivity contribution in [3.63, 3.8) is 0 Å². The van der Waals surface area contributed by atoms with Crippen molar-refractivity contribution in [3.8, 4) is 11.3 Å². The Kier molecular flexibility index (Phi) is 5.11. The van der Waals surface area contributed by atoms with E-state index in [2.05, 4.69) is 9.72 Å². The van der Waals surface area contributed by atoms with E-state index in [-0.39, 0.29) is 11.3 Å². The predicted octanol–water partition coefficient (Wildman–Crippen LogP) is 3.22. The highest BCUT2D eigenvalue weighted by Crippen LogP contribution is 2.28. The number of esters is 1. The summed E-state index contributed by atoms with van der Waals surface area (Å²) in [6.07, 6.45) is 1.71. The number of nitrogens with one attached hydrogen (secondary N) is 1. The molecule has 102 valence electrons. The Bertz CT molecular complexity index is 551. The van der Waals surface area contributed by atoms with Crippen molar-refractivity contribution in [1.29, 1.82) is 0 Å². The van der Waals surface area contributed by atoms with Crippen LogP contribution in [-0.4, -0.2) is 18.1 Å². The lowest BCUT2D eigenvalue weighted by Crippen LogP contribution is -2.07. The largest absolute Gasteiger partial charge is 0.465 e. The molecule has 0 saturated heterocycles. The lowest BCUT2D eigenvalue weighted by Gasteiger charge is -2.08. The average Bonchev–Trinajstić information content (AvgIpc) is 2.97. The van der Waals surface area contributed by atoms with Gasteiger partial charge >= 0.3 is 5.97 Å². The number of aromatic nitrogens is 1. The van der Waals surface area contributed by atoms with Crippen LogP contribution in [0.4, 0.5) is 10.1 Å². The lowest BCUT2D eigenvalue weighted by molar-refractivity contribution is 0.0595. The summed E-state index contributed by atoms with van der Waals surface area (Å²) in [7, 11) is 1.19. The van der Waals surface area contributed by atoms with Crippen LogP contribution < -0.4 is 5.73 Å². The number of carbonyl (C=O) groups is 1. The molecule has 3 N–H and O–H groups in total. The van der Waals surface area contributed by atoms with Gasteiger partial charge in [0, 0.05) is 17.5 Å². The summed E-state index contributed by atoms with van der Waals surface area (Å²) in [6, 6.07) is 6.48. The number of nitrogens with two attached hydrogens (primary N) is 1. The van der Waals surface area contributed by atoms with E-state index in [0.29, 0.717) is 11.3 Å². The maximum atomic E-state index is 13.9. The minimum atomic E-state index is -0.760. The number of methoxy groups -OCH3 is 1. The molecule has 0 unspecified atom stereocenters. The van der Waals surface area contributed by atoms with Crippen molar-refractivity contribution in [2.45, 2.75) is 13.8 Å². The molecule has 1 aromatic carbocycles. The fourth-order valence-corrected chi connectivity index (χ4v) is 1.59. The number of carbonyl (C=O) groups excluding carboxylic acids is 1. The van der Waals surface area contributed by atoms with E-state index in [4.69, 9.17) is 5.73 Å². The summed E-state index contributed by atoms with van der Waals surface area (Å²) in [6.45, 7) is 4.00. The Morgan fingerprint density at radius 1 is 1.32 bits per heavy atom. The number of nitrogen functional groups attached to an aromatic ring is 1. The lowest BCUT2D eigenvalue weighted by atomic mass is 10.1. The first-order valence-electron chi connectivity index (χ1n) is 5.95. The summed E-state index contributed by atoms with van der Waals surface area (Å²) >= 11 is 0. The highest BCUT2D eigenvalue weighted by Gasteiger charge is 2.17. The van der Waals surface area contributed by atoms with Crippen molar-refractivity contribution in [2.24, 2.45) is 0 Å². The van der Waals surface area contributed by atoms with Crippen LogP contribution in [0.25, 0.3) is 11.3 Å². The highest BCUT2D eigenvalue weighted by atomic mass is 19.1. The van der Waals surface area contributed by atoms with Crippen LogP contribution in [0.15, 0.2) is 30.5 Å². The summed E-state index contributed by atoms with van der Waals surface area (Å²) < 4.78 is 18.3. The fourth-order valence-electron chi connectivity index (χ4n) is 1.59. The van der Waals surface area contributed by atoms with Crippen molar-refractivity contribution >= 4 is 11.7 Å². The van der Waals surface area contributed by atoms with Gasteiger partial charge in [-0.25, -0.2) is 9.18 Å². The summed E-state index contributed by atoms with van der Waals surface area (Å²) in [4.78, 5) is 14.2. The van der Waals surface area contributed by atoms with Crippen LogP contribution in [0.2, 0.25) is 0 Å². The zero-order valence-electron chi connectivity index (χ0n) is 11.2. The molecule has 0 aliphatic rings. The third kappa shape index (κ3) is 2.93. The average molecular weight is 264 g/mol. The second-order valence-electron chi connectivity index (χ2n) is 3.46. The zero-order valence-corrected chi connectivity index (χ0v) is 11.2. The van der Waals surface area contributed by atoms with Gasteiger partial charge in [-0.05, 0) is 24.3 Å². The molecular formula is C14H17FN2O2. The summed E-state index contributed by atoms with van der Waals surface area (Å²) in [5.74, 6) is -1.50. The molecule has 0 aliphatic heterocycles. The van der Waals surface area contributed by atoms with Crippen LogP contribution in [0.3, 0.4) is 0 Å². The number of halogens is 1. The summed E-state index contributed by atoms with van der Waals surface area (Å²) in [5.41, 5.74) is 6.63. The zero-order chi connectivity index (χ0) is 14.4. The number of aromatic amines is 1. The van der Waals surface area contributed by atoms with Crippen molar-refractivity contribution in [2.75, 3.05) is 12.8 Å². The first kappa shape index (κ1) is 14.8. The second kappa shape index (κ2) is 6.58. The smallest absolute Gasteiger partial charge is 0.340 e. The van der Waals surface area contributed by atoms with Crippen LogP contribution in [-0.2, 0) is 4.74 Å². The number of rotatable bonds is 2. The Balaban J connectivity index is 0.000000861. The maximum absolute atomic E-state index is 13.9. The quantitative estimate of drug-likeness (QED) is 0.646. The third-order valence-electron chi connectivity index (χ3n) is 2.47. The molecule has 0 amide bonds. The number of ether oxygens (including phenoxy) is 1. The number of hydrogen-bond acceptors (Lipinski definition) is 3. The summed E-state index contributed by atoms with van der Waals surface area (Å²) in [5, 5.41) is 0. The fraction of sp³-hybridized carbons (Fsp3) is 0.214. The molecule has 0 fully saturated rings. The van der Waals surface area contributed by atoms with E-state index in [1.807, 2.05) is 13.8 Å². The molecule has 1 heterocycles. The van der Waals surface area contributed by atoms with Gasteiger partial charge in [-0.15, -0.1) is 0 Å². The van der Waals surface area contributed by atoms with Gasteiger partial charge in [0.2, 0.25) is 0 Å².